The van der Waals surface area contributed by atoms with E-state index < -0.39 is 5.60 Å². The molecule has 2 atom stereocenters. The molecule has 3 heteroatoms. The van der Waals surface area contributed by atoms with E-state index in [1.54, 1.807) is 0 Å². The summed E-state index contributed by atoms with van der Waals surface area (Å²) in [5.74, 6) is 0.393. The van der Waals surface area contributed by atoms with Gasteiger partial charge in [0.25, 0.3) is 0 Å². The SMILES string of the molecule is CCCCC[C@H](C)C[C@H](CO)CC(=O)OC(C)(C)C. The van der Waals surface area contributed by atoms with Gasteiger partial charge < -0.3 is 9.84 Å². The predicted octanol–water partition coefficient (Wildman–Crippen LogP) is 3.93. The van der Waals surface area contributed by atoms with E-state index in [1.807, 2.05) is 20.8 Å². The molecule has 0 aromatic heterocycles. The number of aliphatic hydroxyl groups excluding tert-OH is 1. The number of hydrogen-bond donors (Lipinski definition) is 1. The Kier molecular flexibility index (Phi) is 9.07. The van der Waals surface area contributed by atoms with Crippen molar-refractivity contribution >= 4 is 5.97 Å². The van der Waals surface area contributed by atoms with Gasteiger partial charge in [0.2, 0.25) is 0 Å². The standard InChI is InChI=1S/C16H32O3/c1-6-7-8-9-13(2)10-14(12-17)11-15(18)19-16(3,4)5/h13-14,17H,6-12H2,1-5H3/t13-,14-/m0/s1. The van der Waals surface area contributed by atoms with Crippen molar-refractivity contribution in [3.8, 4) is 0 Å². The van der Waals surface area contributed by atoms with E-state index in [9.17, 15) is 9.90 Å². The molecular weight excluding hydrogens is 240 g/mol. The fourth-order valence-electron chi connectivity index (χ4n) is 2.27. The Balaban J connectivity index is 4.03. The number of hydrogen-bond acceptors (Lipinski definition) is 3. The molecule has 1 N–H and O–H groups in total. The summed E-state index contributed by atoms with van der Waals surface area (Å²) in [6.45, 7) is 10.1. The third-order valence-electron chi connectivity index (χ3n) is 3.17. The van der Waals surface area contributed by atoms with Crippen molar-refractivity contribution < 1.29 is 14.6 Å². The van der Waals surface area contributed by atoms with Crippen molar-refractivity contribution in [2.45, 2.75) is 78.7 Å². The summed E-state index contributed by atoms with van der Waals surface area (Å²) >= 11 is 0. The minimum absolute atomic E-state index is 0.0338. The molecule has 0 aliphatic heterocycles. The Hall–Kier alpha value is -0.570. The monoisotopic (exact) mass is 272 g/mol. The minimum Gasteiger partial charge on any atom is -0.460 e. The molecule has 0 bridgehead atoms. The van der Waals surface area contributed by atoms with Crippen LogP contribution in [0.2, 0.25) is 0 Å². The highest BCUT2D eigenvalue weighted by molar-refractivity contribution is 5.70. The quantitative estimate of drug-likeness (QED) is 0.511. The van der Waals surface area contributed by atoms with Crippen molar-refractivity contribution in [3.05, 3.63) is 0 Å². The highest BCUT2D eigenvalue weighted by Gasteiger charge is 2.21. The van der Waals surface area contributed by atoms with Crippen LogP contribution in [-0.4, -0.2) is 23.3 Å². The zero-order valence-corrected chi connectivity index (χ0v) is 13.4. The number of ether oxygens (including phenoxy) is 1. The van der Waals surface area contributed by atoms with Crippen LogP contribution in [0.4, 0.5) is 0 Å². The summed E-state index contributed by atoms with van der Waals surface area (Å²) in [6, 6.07) is 0. The second-order valence-corrected chi connectivity index (χ2v) is 6.68. The van der Waals surface area contributed by atoms with Gasteiger partial charge in [-0.25, -0.2) is 0 Å². The number of carbonyl (C=O) groups excluding carboxylic acids is 1. The number of rotatable bonds is 9. The lowest BCUT2D eigenvalue weighted by atomic mass is 9.90. The maximum Gasteiger partial charge on any atom is 0.306 e. The first kappa shape index (κ1) is 18.4. The molecule has 19 heavy (non-hydrogen) atoms. The van der Waals surface area contributed by atoms with E-state index in [2.05, 4.69) is 13.8 Å². The topological polar surface area (TPSA) is 46.5 Å². The normalized spacial score (nSPS) is 15.1. The highest BCUT2D eigenvalue weighted by Crippen LogP contribution is 2.22. The molecule has 0 saturated heterocycles. The summed E-state index contributed by atoms with van der Waals surface area (Å²) in [6.07, 6.45) is 6.14. The second-order valence-electron chi connectivity index (χ2n) is 6.68. The third-order valence-corrected chi connectivity index (χ3v) is 3.17. The largest absolute Gasteiger partial charge is 0.460 e. The maximum atomic E-state index is 11.7. The molecule has 0 aliphatic rings. The molecule has 3 nitrogen and oxygen atoms in total. The van der Waals surface area contributed by atoms with Crippen LogP contribution in [0, 0.1) is 11.8 Å². The van der Waals surface area contributed by atoms with Gasteiger partial charge in [-0.1, -0.05) is 39.5 Å². The molecule has 0 spiro atoms. The molecule has 0 fully saturated rings. The van der Waals surface area contributed by atoms with Crippen LogP contribution in [-0.2, 0) is 9.53 Å². The average molecular weight is 272 g/mol. The number of carbonyl (C=O) groups is 1. The van der Waals surface area contributed by atoms with Crippen molar-refractivity contribution in [3.63, 3.8) is 0 Å². The third kappa shape index (κ3) is 11.0. The average Bonchev–Trinajstić information content (AvgIpc) is 2.25. The molecule has 0 aromatic rings. The van der Waals surface area contributed by atoms with E-state index in [-0.39, 0.29) is 18.5 Å². The first-order valence-electron chi connectivity index (χ1n) is 7.61. The van der Waals surface area contributed by atoms with E-state index >= 15 is 0 Å². The van der Waals surface area contributed by atoms with E-state index in [0.717, 1.165) is 6.42 Å². The summed E-state index contributed by atoms with van der Waals surface area (Å²) in [7, 11) is 0. The van der Waals surface area contributed by atoms with Crippen LogP contribution in [0.1, 0.15) is 73.1 Å². The van der Waals surface area contributed by atoms with Gasteiger partial charge in [0, 0.05) is 6.61 Å². The fraction of sp³-hybridized carbons (Fsp3) is 0.938. The fourth-order valence-corrected chi connectivity index (χ4v) is 2.27. The number of esters is 1. The Bertz CT molecular complexity index is 243. The predicted molar refractivity (Wildman–Crippen MR) is 79.0 cm³/mol. The lowest BCUT2D eigenvalue weighted by Crippen LogP contribution is -2.26. The Morgan fingerprint density at radius 3 is 2.37 bits per heavy atom. The maximum absolute atomic E-state index is 11.7. The molecule has 0 aromatic carbocycles. The zero-order chi connectivity index (χ0) is 14.9. The first-order chi connectivity index (χ1) is 8.78. The summed E-state index contributed by atoms with van der Waals surface area (Å²) in [4.78, 5) is 11.7. The second kappa shape index (κ2) is 9.35. The van der Waals surface area contributed by atoms with Crippen LogP contribution in [0.25, 0.3) is 0 Å². The van der Waals surface area contributed by atoms with Gasteiger partial charge in [0.1, 0.15) is 5.60 Å². The summed E-state index contributed by atoms with van der Waals surface area (Å²) in [5.41, 5.74) is -0.441. The van der Waals surface area contributed by atoms with Crippen LogP contribution >= 0.6 is 0 Å². The van der Waals surface area contributed by atoms with Crippen LogP contribution in [0.5, 0.6) is 0 Å². The summed E-state index contributed by atoms with van der Waals surface area (Å²) < 4.78 is 5.30. The summed E-state index contributed by atoms with van der Waals surface area (Å²) in [5, 5.41) is 9.39. The molecule has 0 heterocycles. The van der Waals surface area contributed by atoms with Crippen molar-refractivity contribution in [2.75, 3.05) is 6.61 Å². The molecule has 0 saturated carbocycles. The lowest BCUT2D eigenvalue weighted by Gasteiger charge is -2.23. The van der Waals surface area contributed by atoms with Crippen LogP contribution in [0.15, 0.2) is 0 Å². The molecule has 0 aliphatic carbocycles. The van der Waals surface area contributed by atoms with Crippen molar-refractivity contribution in [1.82, 2.24) is 0 Å². The van der Waals surface area contributed by atoms with Gasteiger partial charge in [-0.2, -0.15) is 0 Å². The van der Waals surface area contributed by atoms with Crippen molar-refractivity contribution in [2.24, 2.45) is 11.8 Å². The highest BCUT2D eigenvalue weighted by atomic mass is 16.6. The Labute approximate surface area is 118 Å². The molecule has 0 unspecified atom stereocenters. The molecule has 0 rings (SSSR count). The molecule has 114 valence electrons. The minimum atomic E-state index is -0.441. The Morgan fingerprint density at radius 2 is 1.89 bits per heavy atom. The van der Waals surface area contributed by atoms with Crippen LogP contribution < -0.4 is 0 Å². The lowest BCUT2D eigenvalue weighted by molar-refractivity contribution is -0.156. The smallest absolute Gasteiger partial charge is 0.306 e. The molecular formula is C16H32O3. The van der Waals surface area contributed by atoms with E-state index in [1.165, 1.54) is 25.7 Å². The van der Waals surface area contributed by atoms with Gasteiger partial charge in [0.05, 0.1) is 6.42 Å². The Morgan fingerprint density at radius 1 is 1.26 bits per heavy atom. The van der Waals surface area contributed by atoms with Gasteiger partial charge in [-0.15, -0.1) is 0 Å². The van der Waals surface area contributed by atoms with E-state index in [0.29, 0.717) is 12.3 Å². The first-order valence-corrected chi connectivity index (χ1v) is 7.61. The molecule has 0 radical (unpaired) electrons. The van der Waals surface area contributed by atoms with Crippen LogP contribution in [0.3, 0.4) is 0 Å². The van der Waals surface area contributed by atoms with Gasteiger partial charge >= 0.3 is 5.97 Å². The number of aliphatic hydroxyl groups is 1. The van der Waals surface area contributed by atoms with E-state index in [4.69, 9.17) is 4.74 Å². The molecule has 0 amide bonds. The van der Waals surface area contributed by atoms with Gasteiger partial charge in [0.15, 0.2) is 0 Å². The van der Waals surface area contributed by atoms with Gasteiger partial charge in [-0.05, 0) is 39.0 Å². The number of unbranched alkanes of at least 4 members (excludes halogenated alkanes) is 2. The van der Waals surface area contributed by atoms with Gasteiger partial charge in [-0.3, -0.25) is 4.79 Å². The van der Waals surface area contributed by atoms with Crippen molar-refractivity contribution in [1.29, 1.82) is 0 Å². The zero-order valence-electron chi connectivity index (χ0n) is 13.4.